The Balaban J connectivity index is 1.11. The van der Waals surface area contributed by atoms with Gasteiger partial charge >= 0.3 is 0 Å². The number of thiophene rings is 1. The fourth-order valence-electron chi connectivity index (χ4n) is 4.08. The van der Waals surface area contributed by atoms with Gasteiger partial charge in [-0.1, -0.05) is 11.6 Å². The highest BCUT2D eigenvalue weighted by atomic mass is 79.9. The summed E-state index contributed by atoms with van der Waals surface area (Å²) in [5.41, 5.74) is 1.99. The summed E-state index contributed by atoms with van der Waals surface area (Å²) >= 11 is 14.0. The standard InChI is InChI=1S/C23H28Br2ClN5O2S2/c24-19-16-22(34-23(19)25)35(32,33)29-7-2-10-31-13-11-30(12-14-31)9-1-6-27-20-5-8-28-21-15-17(26)3-4-18(20)21/h3-5,8,15-16,29H,1-2,6-7,9-14H2,(H,27,28). The maximum Gasteiger partial charge on any atom is 0.250 e. The fourth-order valence-corrected chi connectivity index (χ4v) is 8.18. The monoisotopic (exact) mass is 663 g/mol. The van der Waals surface area contributed by atoms with E-state index in [1.165, 1.54) is 11.3 Å². The first-order valence-electron chi connectivity index (χ1n) is 11.5. The third-order valence-corrected chi connectivity index (χ3v) is 11.4. The van der Waals surface area contributed by atoms with Crippen LogP contribution in [0, 0.1) is 0 Å². The zero-order valence-electron chi connectivity index (χ0n) is 19.1. The fraction of sp³-hybridized carbons (Fsp3) is 0.435. The second kappa shape index (κ2) is 12.6. The molecular weight excluding hydrogens is 638 g/mol. The van der Waals surface area contributed by atoms with Crippen molar-refractivity contribution >= 4 is 81.4 Å². The molecule has 0 bridgehead atoms. The normalized spacial score (nSPS) is 15.6. The number of benzene rings is 1. The van der Waals surface area contributed by atoms with E-state index in [4.69, 9.17) is 11.6 Å². The van der Waals surface area contributed by atoms with Crippen molar-refractivity contribution in [2.45, 2.75) is 17.1 Å². The van der Waals surface area contributed by atoms with E-state index in [0.717, 1.165) is 83.5 Å². The Labute approximate surface area is 232 Å². The third kappa shape index (κ3) is 7.61. The number of nitrogens with one attached hydrogen (secondary N) is 2. The lowest BCUT2D eigenvalue weighted by Crippen LogP contribution is -2.47. The van der Waals surface area contributed by atoms with Crippen molar-refractivity contribution in [3.8, 4) is 0 Å². The minimum absolute atomic E-state index is 0.320. The largest absolute Gasteiger partial charge is 0.384 e. The summed E-state index contributed by atoms with van der Waals surface area (Å²) < 4.78 is 29.4. The summed E-state index contributed by atoms with van der Waals surface area (Å²) in [5, 5.41) is 5.32. The number of aromatic nitrogens is 1. The molecule has 0 spiro atoms. The molecule has 0 amide bonds. The Morgan fingerprint density at radius 2 is 1.69 bits per heavy atom. The molecule has 2 aromatic heterocycles. The van der Waals surface area contributed by atoms with Gasteiger partial charge in [0, 0.05) is 66.0 Å². The third-order valence-electron chi connectivity index (χ3n) is 5.97. The first-order chi connectivity index (χ1) is 16.8. The van der Waals surface area contributed by atoms with Gasteiger partial charge in [0.15, 0.2) is 0 Å². The lowest BCUT2D eigenvalue weighted by atomic mass is 10.2. The number of sulfonamides is 1. The molecule has 35 heavy (non-hydrogen) atoms. The predicted molar refractivity (Wildman–Crippen MR) is 152 cm³/mol. The van der Waals surface area contributed by atoms with Gasteiger partial charge in [0.2, 0.25) is 10.0 Å². The molecule has 0 saturated carbocycles. The molecule has 0 atom stereocenters. The molecule has 1 aromatic carbocycles. The molecule has 2 N–H and O–H groups in total. The van der Waals surface area contributed by atoms with Crippen molar-refractivity contribution < 1.29 is 8.42 Å². The molecule has 1 aliphatic rings. The van der Waals surface area contributed by atoms with Crippen LogP contribution in [0.5, 0.6) is 0 Å². The molecule has 1 aliphatic heterocycles. The summed E-state index contributed by atoms with van der Waals surface area (Å²) in [5.74, 6) is 0. The van der Waals surface area contributed by atoms with Crippen LogP contribution in [-0.4, -0.2) is 75.6 Å². The van der Waals surface area contributed by atoms with Crippen LogP contribution < -0.4 is 10.0 Å². The zero-order valence-corrected chi connectivity index (χ0v) is 24.7. The molecule has 190 valence electrons. The van der Waals surface area contributed by atoms with Crippen molar-refractivity contribution in [3.63, 3.8) is 0 Å². The summed E-state index contributed by atoms with van der Waals surface area (Å²) in [6.45, 7) is 7.41. The summed E-state index contributed by atoms with van der Waals surface area (Å²) in [6, 6.07) is 9.43. The number of anilines is 1. The van der Waals surface area contributed by atoms with E-state index < -0.39 is 10.0 Å². The van der Waals surface area contributed by atoms with E-state index in [1.807, 2.05) is 30.5 Å². The van der Waals surface area contributed by atoms with Gasteiger partial charge in [-0.25, -0.2) is 13.1 Å². The minimum atomic E-state index is -3.45. The quantitative estimate of drug-likeness (QED) is 0.272. The van der Waals surface area contributed by atoms with Gasteiger partial charge in [-0.05, 0) is 88.1 Å². The molecule has 12 heteroatoms. The molecule has 1 fully saturated rings. The molecule has 3 heterocycles. The zero-order chi connectivity index (χ0) is 24.8. The lowest BCUT2D eigenvalue weighted by Gasteiger charge is -2.34. The number of piperazine rings is 1. The van der Waals surface area contributed by atoms with Crippen LogP contribution in [-0.2, 0) is 10.0 Å². The van der Waals surface area contributed by atoms with Crippen molar-refractivity contribution in [2.24, 2.45) is 0 Å². The van der Waals surface area contributed by atoms with Crippen LogP contribution in [0.4, 0.5) is 5.69 Å². The van der Waals surface area contributed by atoms with Gasteiger partial charge in [-0.15, -0.1) is 11.3 Å². The van der Waals surface area contributed by atoms with Gasteiger partial charge in [0.05, 0.1) is 9.30 Å². The Morgan fingerprint density at radius 3 is 2.34 bits per heavy atom. The van der Waals surface area contributed by atoms with Gasteiger partial charge in [-0.3, -0.25) is 4.98 Å². The first-order valence-corrected chi connectivity index (χ1v) is 15.8. The predicted octanol–water partition coefficient (Wildman–Crippen LogP) is 5.26. The van der Waals surface area contributed by atoms with Gasteiger partial charge < -0.3 is 15.1 Å². The van der Waals surface area contributed by atoms with Crippen LogP contribution >= 0.6 is 54.8 Å². The Hall–Kier alpha value is -0.790. The summed E-state index contributed by atoms with van der Waals surface area (Å²) in [6.07, 6.45) is 3.67. The molecule has 4 rings (SSSR count). The van der Waals surface area contributed by atoms with Crippen LogP contribution in [0.3, 0.4) is 0 Å². The van der Waals surface area contributed by atoms with Gasteiger partial charge in [0.25, 0.3) is 0 Å². The van der Waals surface area contributed by atoms with Crippen LogP contribution in [0.15, 0.2) is 49.0 Å². The second-order valence-electron chi connectivity index (χ2n) is 8.42. The Kier molecular flexibility index (Phi) is 9.84. The highest BCUT2D eigenvalue weighted by Crippen LogP contribution is 2.34. The number of rotatable bonds is 11. The van der Waals surface area contributed by atoms with Crippen LogP contribution in [0.1, 0.15) is 12.8 Å². The van der Waals surface area contributed by atoms with Crippen LogP contribution in [0.25, 0.3) is 10.9 Å². The van der Waals surface area contributed by atoms with E-state index in [9.17, 15) is 8.42 Å². The number of fused-ring (bicyclic) bond motifs is 1. The molecule has 1 saturated heterocycles. The van der Waals surface area contributed by atoms with Crippen molar-refractivity contribution in [1.29, 1.82) is 0 Å². The topological polar surface area (TPSA) is 77.6 Å². The lowest BCUT2D eigenvalue weighted by molar-refractivity contribution is 0.131. The SMILES string of the molecule is O=S(=O)(NCCCN1CCN(CCCNc2ccnc3cc(Cl)ccc23)CC1)c1cc(Br)c(Br)s1. The molecular formula is C23H28Br2ClN5O2S2. The van der Waals surface area contributed by atoms with Gasteiger partial charge in [0.1, 0.15) is 4.21 Å². The first kappa shape index (κ1) is 27.3. The highest BCUT2D eigenvalue weighted by Gasteiger charge is 2.19. The number of pyridine rings is 1. The number of hydrogen-bond donors (Lipinski definition) is 2. The van der Waals surface area contributed by atoms with Crippen molar-refractivity contribution in [2.75, 3.05) is 57.7 Å². The molecule has 7 nitrogen and oxygen atoms in total. The number of hydrogen-bond acceptors (Lipinski definition) is 7. The van der Waals surface area contributed by atoms with Crippen molar-refractivity contribution in [1.82, 2.24) is 19.5 Å². The second-order valence-corrected chi connectivity index (χ2v) is 14.1. The average molecular weight is 666 g/mol. The maximum atomic E-state index is 12.4. The van der Waals surface area contributed by atoms with E-state index in [2.05, 4.69) is 56.7 Å². The molecule has 0 radical (unpaired) electrons. The highest BCUT2D eigenvalue weighted by molar-refractivity contribution is 9.13. The van der Waals surface area contributed by atoms with E-state index in [-0.39, 0.29) is 0 Å². The number of nitrogens with zero attached hydrogens (tertiary/aromatic N) is 3. The molecule has 0 unspecified atom stereocenters. The van der Waals surface area contributed by atoms with E-state index >= 15 is 0 Å². The smallest absolute Gasteiger partial charge is 0.250 e. The summed E-state index contributed by atoms with van der Waals surface area (Å²) in [7, 11) is -3.45. The Morgan fingerprint density at radius 1 is 1.00 bits per heavy atom. The van der Waals surface area contributed by atoms with Crippen LogP contribution in [0.2, 0.25) is 5.02 Å². The summed E-state index contributed by atoms with van der Waals surface area (Å²) in [4.78, 5) is 9.30. The minimum Gasteiger partial charge on any atom is -0.384 e. The maximum absolute atomic E-state index is 12.4. The average Bonchev–Trinajstić information content (AvgIpc) is 3.19. The molecule has 3 aromatic rings. The number of halogens is 3. The Bertz CT molecular complexity index is 1230. The van der Waals surface area contributed by atoms with Gasteiger partial charge in [-0.2, -0.15) is 0 Å². The van der Waals surface area contributed by atoms with E-state index in [1.54, 1.807) is 6.07 Å². The van der Waals surface area contributed by atoms with Crippen molar-refractivity contribution in [3.05, 3.63) is 49.8 Å². The molecule has 0 aliphatic carbocycles. The van der Waals surface area contributed by atoms with E-state index in [0.29, 0.717) is 15.8 Å².